The van der Waals surface area contributed by atoms with E-state index in [1.54, 1.807) is 6.92 Å². The van der Waals surface area contributed by atoms with Crippen LogP contribution in [-0.2, 0) is 9.59 Å². The number of hydrogen-bond acceptors (Lipinski definition) is 5. The highest BCUT2D eigenvalue weighted by molar-refractivity contribution is 7.14. The Morgan fingerprint density at radius 1 is 1.46 bits per heavy atom. The molecule has 1 aromatic carbocycles. The first-order valence-corrected chi connectivity index (χ1v) is 8.82. The normalized spacial score (nSPS) is 16.1. The van der Waals surface area contributed by atoms with E-state index in [0.717, 1.165) is 24.1 Å². The predicted octanol–water partition coefficient (Wildman–Crippen LogP) is 3.66. The van der Waals surface area contributed by atoms with Crippen molar-refractivity contribution in [3.8, 4) is 17.0 Å². The fraction of sp³-hybridized carbons (Fsp3) is 0.353. The van der Waals surface area contributed by atoms with Gasteiger partial charge in [0.25, 0.3) is 5.91 Å². The second-order valence-corrected chi connectivity index (χ2v) is 6.51. The van der Waals surface area contributed by atoms with Crippen molar-refractivity contribution in [2.45, 2.75) is 39.2 Å². The molecule has 2 N–H and O–H groups in total. The molecule has 0 saturated carbocycles. The lowest BCUT2D eigenvalue weighted by molar-refractivity contribution is -0.122. The van der Waals surface area contributed by atoms with Gasteiger partial charge in [-0.05, 0) is 31.5 Å². The molecule has 0 bridgehead atoms. The lowest BCUT2D eigenvalue weighted by atomic mass is 10.1. The van der Waals surface area contributed by atoms with Gasteiger partial charge in [0.1, 0.15) is 5.75 Å². The van der Waals surface area contributed by atoms with Crippen LogP contribution in [0.2, 0.25) is 0 Å². The van der Waals surface area contributed by atoms with E-state index in [1.807, 2.05) is 30.5 Å². The van der Waals surface area contributed by atoms with Crippen molar-refractivity contribution in [2.75, 3.05) is 10.6 Å². The zero-order chi connectivity index (χ0) is 17.1. The van der Waals surface area contributed by atoms with E-state index in [-0.39, 0.29) is 11.8 Å². The van der Waals surface area contributed by atoms with Crippen LogP contribution >= 0.6 is 11.3 Å². The minimum atomic E-state index is -0.493. The van der Waals surface area contributed by atoms with Crippen molar-refractivity contribution < 1.29 is 14.3 Å². The van der Waals surface area contributed by atoms with Crippen molar-refractivity contribution in [3.63, 3.8) is 0 Å². The Balaban J connectivity index is 1.75. The highest BCUT2D eigenvalue weighted by atomic mass is 32.1. The van der Waals surface area contributed by atoms with Gasteiger partial charge in [-0.25, -0.2) is 4.98 Å². The molecule has 2 aromatic rings. The van der Waals surface area contributed by atoms with Crippen molar-refractivity contribution in [2.24, 2.45) is 0 Å². The number of fused-ring (bicyclic) bond motifs is 1. The van der Waals surface area contributed by atoms with Crippen LogP contribution in [0, 0.1) is 0 Å². The molecule has 126 valence electrons. The maximum atomic E-state index is 11.8. The quantitative estimate of drug-likeness (QED) is 0.866. The lowest BCUT2D eigenvalue weighted by Crippen LogP contribution is -2.34. The Morgan fingerprint density at radius 3 is 3.08 bits per heavy atom. The van der Waals surface area contributed by atoms with E-state index in [1.165, 1.54) is 11.3 Å². The zero-order valence-electron chi connectivity index (χ0n) is 13.6. The molecule has 1 atom stereocenters. The molecule has 1 aromatic heterocycles. The summed E-state index contributed by atoms with van der Waals surface area (Å²) in [6.45, 7) is 3.76. The highest BCUT2D eigenvalue weighted by Crippen LogP contribution is 2.34. The van der Waals surface area contributed by atoms with Gasteiger partial charge in [-0.1, -0.05) is 13.3 Å². The van der Waals surface area contributed by atoms with Crippen molar-refractivity contribution in [3.05, 3.63) is 23.6 Å². The maximum Gasteiger partial charge on any atom is 0.265 e. The Bertz CT molecular complexity index is 772. The number of hydrogen-bond donors (Lipinski definition) is 2. The van der Waals surface area contributed by atoms with E-state index in [0.29, 0.717) is 23.0 Å². The smallest absolute Gasteiger partial charge is 0.265 e. The number of benzene rings is 1. The first-order chi connectivity index (χ1) is 11.6. The number of thiazole rings is 1. The third-order valence-corrected chi connectivity index (χ3v) is 4.47. The van der Waals surface area contributed by atoms with Crippen LogP contribution in [0.5, 0.6) is 5.75 Å². The minimum Gasteiger partial charge on any atom is -0.479 e. The maximum absolute atomic E-state index is 11.8. The molecule has 0 saturated heterocycles. The molecule has 2 heterocycles. The Morgan fingerprint density at radius 2 is 2.29 bits per heavy atom. The molecule has 1 aliphatic rings. The fourth-order valence-corrected chi connectivity index (χ4v) is 3.09. The van der Waals surface area contributed by atoms with Crippen LogP contribution < -0.4 is 15.4 Å². The monoisotopic (exact) mass is 345 g/mol. The third kappa shape index (κ3) is 3.56. The molecule has 0 aliphatic carbocycles. The number of carbonyl (C=O) groups excluding carboxylic acids is 2. The van der Waals surface area contributed by atoms with Crippen LogP contribution in [-0.4, -0.2) is 22.9 Å². The van der Waals surface area contributed by atoms with Crippen LogP contribution in [0.4, 0.5) is 10.8 Å². The molecule has 24 heavy (non-hydrogen) atoms. The van der Waals surface area contributed by atoms with E-state index in [2.05, 4.69) is 15.6 Å². The number of aromatic nitrogens is 1. The first kappa shape index (κ1) is 16.4. The summed E-state index contributed by atoms with van der Waals surface area (Å²) < 4.78 is 5.54. The molecule has 0 spiro atoms. The van der Waals surface area contributed by atoms with E-state index >= 15 is 0 Å². The third-order valence-electron chi connectivity index (χ3n) is 3.71. The summed E-state index contributed by atoms with van der Waals surface area (Å²) in [5.74, 6) is 0.466. The number of amides is 2. The van der Waals surface area contributed by atoms with Gasteiger partial charge in [0.2, 0.25) is 5.91 Å². The lowest BCUT2D eigenvalue weighted by Gasteiger charge is -2.23. The highest BCUT2D eigenvalue weighted by Gasteiger charge is 2.23. The number of nitrogens with zero attached hydrogens (tertiary/aromatic N) is 1. The number of carbonyl (C=O) groups is 2. The largest absolute Gasteiger partial charge is 0.479 e. The first-order valence-electron chi connectivity index (χ1n) is 7.94. The van der Waals surface area contributed by atoms with Crippen LogP contribution in [0.3, 0.4) is 0 Å². The summed E-state index contributed by atoms with van der Waals surface area (Å²) in [4.78, 5) is 27.9. The summed E-state index contributed by atoms with van der Waals surface area (Å²) in [5.41, 5.74) is 2.25. The molecule has 1 aliphatic heterocycles. The van der Waals surface area contributed by atoms with Crippen LogP contribution in [0.1, 0.15) is 33.1 Å². The molecule has 0 unspecified atom stereocenters. The minimum absolute atomic E-state index is 0.0159. The Labute approximate surface area is 144 Å². The Hall–Kier alpha value is -2.41. The second-order valence-electron chi connectivity index (χ2n) is 5.65. The van der Waals surface area contributed by atoms with E-state index in [9.17, 15) is 9.59 Å². The van der Waals surface area contributed by atoms with Gasteiger partial charge in [-0.3, -0.25) is 9.59 Å². The van der Waals surface area contributed by atoms with Gasteiger partial charge >= 0.3 is 0 Å². The van der Waals surface area contributed by atoms with Gasteiger partial charge < -0.3 is 15.4 Å². The van der Waals surface area contributed by atoms with E-state index < -0.39 is 6.10 Å². The van der Waals surface area contributed by atoms with Crippen molar-refractivity contribution >= 4 is 34.0 Å². The number of rotatable bonds is 5. The molecular formula is C17H19N3O3S. The summed E-state index contributed by atoms with van der Waals surface area (Å²) >= 11 is 1.38. The number of anilines is 2. The topological polar surface area (TPSA) is 80.3 Å². The molecule has 6 nitrogen and oxygen atoms in total. The molecule has 7 heteroatoms. The van der Waals surface area contributed by atoms with Gasteiger partial charge in [-0.2, -0.15) is 0 Å². The van der Waals surface area contributed by atoms with Gasteiger partial charge in [-0.15, -0.1) is 11.3 Å². The summed E-state index contributed by atoms with van der Waals surface area (Å²) in [5, 5.41) is 8.10. The number of ether oxygens (including phenoxy) is 1. The van der Waals surface area contributed by atoms with Crippen molar-refractivity contribution in [1.82, 2.24) is 4.98 Å². The standard InChI is InChI=1S/C17H19N3O3S/c1-3-4-5-15(21)20-17-19-13(9-24-17)11-6-7-14-12(8-11)18-16(22)10(2)23-14/h6-10H,3-5H2,1-2H3,(H,18,22)(H,19,20,21)/t10-/m1/s1. The van der Waals surface area contributed by atoms with Gasteiger partial charge in [0.05, 0.1) is 11.4 Å². The second kappa shape index (κ2) is 7.00. The molecule has 0 fully saturated rings. The van der Waals surface area contributed by atoms with Gasteiger partial charge in [0.15, 0.2) is 11.2 Å². The van der Waals surface area contributed by atoms with Gasteiger partial charge in [0, 0.05) is 17.4 Å². The summed E-state index contributed by atoms with van der Waals surface area (Å²) in [6, 6.07) is 5.54. The average Bonchev–Trinajstić information content (AvgIpc) is 3.02. The molecule has 2 amide bonds. The number of nitrogens with one attached hydrogen (secondary N) is 2. The zero-order valence-corrected chi connectivity index (χ0v) is 14.4. The fourth-order valence-electron chi connectivity index (χ4n) is 2.35. The molecule has 0 radical (unpaired) electrons. The average molecular weight is 345 g/mol. The van der Waals surface area contributed by atoms with Crippen LogP contribution in [0.25, 0.3) is 11.3 Å². The SMILES string of the molecule is CCCCC(=O)Nc1nc(-c2ccc3c(c2)NC(=O)[C@@H](C)O3)cs1. The van der Waals surface area contributed by atoms with E-state index in [4.69, 9.17) is 4.74 Å². The van der Waals surface area contributed by atoms with Crippen molar-refractivity contribution in [1.29, 1.82) is 0 Å². The summed E-state index contributed by atoms with van der Waals surface area (Å²) in [7, 11) is 0. The summed E-state index contributed by atoms with van der Waals surface area (Å²) in [6.07, 6.45) is 1.87. The molecular weight excluding hydrogens is 326 g/mol. The predicted molar refractivity (Wildman–Crippen MR) is 94.4 cm³/mol. The Kier molecular flexibility index (Phi) is 4.80. The molecule has 3 rings (SSSR count). The number of unbranched alkanes of at least 4 members (excludes halogenated alkanes) is 1. The van der Waals surface area contributed by atoms with Crippen LogP contribution in [0.15, 0.2) is 23.6 Å².